The van der Waals surface area contributed by atoms with Crippen LogP contribution in [0.1, 0.15) is 15.2 Å². The quantitative estimate of drug-likeness (QED) is 0.332. The van der Waals surface area contributed by atoms with E-state index in [1.165, 1.54) is 29.5 Å². The third kappa shape index (κ3) is 4.88. The summed E-state index contributed by atoms with van der Waals surface area (Å²) in [6.07, 6.45) is 2.05. The molecule has 0 saturated carbocycles. The van der Waals surface area contributed by atoms with Gasteiger partial charge in [0.1, 0.15) is 6.04 Å². The van der Waals surface area contributed by atoms with E-state index in [4.69, 9.17) is 5.14 Å². The zero-order valence-corrected chi connectivity index (χ0v) is 18.4. The lowest BCUT2D eigenvalue weighted by atomic mass is 10.0. The lowest BCUT2D eigenvalue weighted by Gasteiger charge is -2.18. The number of rotatable bonds is 7. The van der Waals surface area contributed by atoms with Gasteiger partial charge in [0, 0.05) is 29.2 Å². The third-order valence-corrected chi connectivity index (χ3v) is 6.68. The van der Waals surface area contributed by atoms with Crippen LogP contribution in [0.4, 0.5) is 5.69 Å². The molecular weight excluding hydrogens is 448 g/mol. The highest BCUT2D eigenvalue weighted by molar-refractivity contribution is 7.89. The van der Waals surface area contributed by atoms with E-state index >= 15 is 0 Å². The van der Waals surface area contributed by atoms with Gasteiger partial charge in [0.05, 0.1) is 9.77 Å². The van der Waals surface area contributed by atoms with Crippen LogP contribution in [0.25, 0.3) is 10.9 Å². The molecular formula is C22H20N4O4S2. The van der Waals surface area contributed by atoms with Crippen LogP contribution < -0.4 is 15.8 Å². The molecule has 164 valence electrons. The maximum Gasteiger partial charge on any atom is 0.262 e. The van der Waals surface area contributed by atoms with Gasteiger partial charge in [0.25, 0.3) is 5.91 Å². The van der Waals surface area contributed by atoms with Crippen LogP contribution in [0.2, 0.25) is 0 Å². The topological polar surface area (TPSA) is 134 Å². The molecule has 10 heteroatoms. The van der Waals surface area contributed by atoms with Crippen molar-refractivity contribution in [2.24, 2.45) is 5.14 Å². The largest absolute Gasteiger partial charge is 0.361 e. The van der Waals surface area contributed by atoms with E-state index in [0.717, 1.165) is 16.5 Å². The summed E-state index contributed by atoms with van der Waals surface area (Å²) in [5.74, 6) is -0.843. The number of carbonyl (C=O) groups excluding carboxylic acids is 2. The van der Waals surface area contributed by atoms with Crippen LogP contribution in [0, 0.1) is 0 Å². The van der Waals surface area contributed by atoms with Crippen LogP contribution in [0.5, 0.6) is 0 Å². The lowest BCUT2D eigenvalue weighted by molar-refractivity contribution is -0.118. The highest BCUT2D eigenvalue weighted by Gasteiger charge is 2.24. The van der Waals surface area contributed by atoms with Crippen molar-refractivity contribution in [3.8, 4) is 0 Å². The summed E-state index contributed by atoms with van der Waals surface area (Å²) in [4.78, 5) is 29.3. The molecule has 2 aromatic heterocycles. The molecule has 0 saturated heterocycles. The number of fused-ring (bicyclic) bond motifs is 1. The van der Waals surface area contributed by atoms with E-state index in [1.54, 1.807) is 23.6 Å². The summed E-state index contributed by atoms with van der Waals surface area (Å²) in [6.45, 7) is 0. The Morgan fingerprint density at radius 1 is 1.06 bits per heavy atom. The van der Waals surface area contributed by atoms with Gasteiger partial charge < -0.3 is 15.6 Å². The number of hydrogen-bond donors (Lipinski definition) is 4. The van der Waals surface area contributed by atoms with Gasteiger partial charge in [-0.1, -0.05) is 30.3 Å². The minimum Gasteiger partial charge on any atom is -0.361 e. The van der Waals surface area contributed by atoms with Gasteiger partial charge in [0.15, 0.2) is 0 Å². The van der Waals surface area contributed by atoms with Crippen molar-refractivity contribution in [1.29, 1.82) is 0 Å². The lowest BCUT2D eigenvalue weighted by Crippen LogP contribution is -2.45. The summed E-state index contributed by atoms with van der Waals surface area (Å²) >= 11 is 1.27. The Morgan fingerprint density at radius 3 is 2.62 bits per heavy atom. The van der Waals surface area contributed by atoms with E-state index in [9.17, 15) is 18.0 Å². The van der Waals surface area contributed by atoms with Gasteiger partial charge in [-0.05, 0) is 41.3 Å². The molecule has 0 aliphatic carbocycles. The minimum atomic E-state index is -3.92. The SMILES string of the molecule is NS(=O)(=O)c1cccc(NC(=O)[C@@H](Cc2c[nH]c3ccccc23)NC(=O)c2cccs2)c1. The van der Waals surface area contributed by atoms with E-state index in [0.29, 0.717) is 4.88 Å². The maximum atomic E-state index is 13.1. The average molecular weight is 469 g/mol. The number of amides is 2. The van der Waals surface area contributed by atoms with Crippen LogP contribution in [-0.2, 0) is 21.2 Å². The molecule has 0 aliphatic heterocycles. The number of aromatic amines is 1. The molecule has 0 unspecified atom stereocenters. The second-order valence-electron chi connectivity index (χ2n) is 7.13. The molecule has 2 heterocycles. The van der Waals surface area contributed by atoms with Gasteiger partial charge in [-0.25, -0.2) is 13.6 Å². The number of H-pyrrole nitrogens is 1. The summed E-state index contributed by atoms with van der Waals surface area (Å²) in [6, 6.07) is 15.9. The predicted octanol–water partition coefficient (Wildman–Crippen LogP) is 2.86. The third-order valence-electron chi connectivity index (χ3n) is 4.90. The molecule has 0 spiro atoms. The second kappa shape index (κ2) is 8.95. The number of anilines is 1. The number of carbonyl (C=O) groups is 2. The van der Waals surface area contributed by atoms with E-state index < -0.39 is 22.0 Å². The Labute approximate surface area is 188 Å². The average Bonchev–Trinajstić information content (AvgIpc) is 3.43. The van der Waals surface area contributed by atoms with Crippen molar-refractivity contribution < 1.29 is 18.0 Å². The maximum absolute atomic E-state index is 13.1. The zero-order valence-electron chi connectivity index (χ0n) is 16.7. The minimum absolute atomic E-state index is 0.119. The molecule has 8 nitrogen and oxygen atoms in total. The van der Waals surface area contributed by atoms with Crippen LogP contribution >= 0.6 is 11.3 Å². The number of thiophene rings is 1. The Balaban J connectivity index is 1.60. The first-order valence-electron chi connectivity index (χ1n) is 9.64. The molecule has 4 aromatic rings. The fourth-order valence-electron chi connectivity index (χ4n) is 3.35. The molecule has 0 fully saturated rings. The van der Waals surface area contributed by atoms with Gasteiger partial charge >= 0.3 is 0 Å². The molecule has 2 amide bonds. The Bertz CT molecular complexity index is 1380. The standard InChI is InChI=1S/C22H20N4O4S2/c23-32(29,30)16-6-3-5-15(12-16)25-21(27)19(26-22(28)20-9-4-10-31-20)11-14-13-24-18-8-2-1-7-17(14)18/h1-10,12-13,19,24H,11H2,(H,25,27)(H,26,28)(H2,23,29,30)/t19-/m1/s1. The van der Waals surface area contributed by atoms with Crippen molar-refractivity contribution in [3.05, 3.63) is 82.7 Å². The fourth-order valence-corrected chi connectivity index (χ4v) is 4.53. The Morgan fingerprint density at radius 2 is 1.88 bits per heavy atom. The smallest absolute Gasteiger partial charge is 0.262 e. The molecule has 32 heavy (non-hydrogen) atoms. The van der Waals surface area contributed by atoms with Gasteiger partial charge in [0.2, 0.25) is 15.9 Å². The molecule has 5 N–H and O–H groups in total. The first kappa shape index (κ1) is 21.8. The normalized spacial score (nSPS) is 12.4. The summed E-state index contributed by atoms with van der Waals surface area (Å²) in [7, 11) is -3.92. The van der Waals surface area contributed by atoms with Crippen molar-refractivity contribution in [3.63, 3.8) is 0 Å². The number of sulfonamides is 1. The van der Waals surface area contributed by atoms with E-state index in [1.807, 2.05) is 30.5 Å². The monoisotopic (exact) mass is 468 g/mol. The van der Waals surface area contributed by atoms with E-state index in [-0.39, 0.29) is 22.9 Å². The van der Waals surface area contributed by atoms with Crippen LogP contribution in [0.15, 0.2) is 77.1 Å². The fraction of sp³-hybridized carbons (Fsp3) is 0.0909. The van der Waals surface area contributed by atoms with Crippen molar-refractivity contribution in [2.75, 3.05) is 5.32 Å². The predicted molar refractivity (Wildman–Crippen MR) is 124 cm³/mol. The highest BCUT2D eigenvalue weighted by atomic mass is 32.2. The Kier molecular flexibility index (Phi) is 6.08. The van der Waals surface area contributed by atoms with Gasteiger partial charge in [-0.3, -0.25) is 9.59 Å². The molecule has 0 aliphatic rings. The summed E-state index contributed by atoms with van der Waals surface area (Å²) in [5.41, 5.74) is 2.05. The number of primary sulfonamides is 1. The summed E-state index contributed by atoms with van der Waals surface area (Å²) in [5, 5.41) is 13.4. The number of para-hydroxylation sites is 1. The Hall–Kier alpha value is -3.47. The summed E-state index contributed by atoms with van der Waals surface area (Å²) < 4.78 is 23.2. The van der Waals surface area contributed by atoms with Crippen molar-refractivity contribution in [1.82, 2.24) is 10.3 Å². The number of nitrogens with two attached hydrogens (primary N) is 1. The molecule has 2 aromatic carbocycles. The van der Waals surface area contributed by atoms with E-state index in [2.05, 4.69) is 15.6 Å². The highest BCUT2D eigenvalue weighted by Crippen LogP contribution is 2.21. The van der Waals surface area contributed by atoms with Crippen molar-refractivity contribution in [2.45, 2.75) is 17.4 Å². The van der Waals surface area contributed by atoms with Crippen LogP contribution in [-0.4, -0.2) is 31.3 Å². The molecule has 0 bridgehead atoms. The molecule has 0 radical (unpaired) electrons. The number of benzene rings is 2. The number of aromatic nitrogens is 1. The first-order chi connectivity index (χ1) is 15.3. The van der Waals surface area contributed by atoms with Crippen molar-refractivity contribution >= 4 is 49.8 Å². The van der Waals surface area contributed by atoms with Crippen LogP contribution in [0.3, 0.4) is 0 Å². The second-order valence-corrected chi connectivity index (χ2v) is 9.64. The first-order valence-corrected chi connectivity index (χ1v) is 12.1. The number of hydrogen-bond acceptors (Lipinski definition) is 5. The van der Waals surface area contributed by atoms with Gasteiger partial charge in [-0.2, -0.15) is 0 Å². The number of nitrogens with one attached hydrogen (secondary N) is 3. The van der Waals surface area contributed by atoms with Gasteiger partial charge in [-0.15, -0.1) is 11.3 Å². The zero-order chi connectivity index (χ0) is 22.7. The molecule has 4 rings (SSSR count). The molecule has 1 atom stereocenters.